The van der Waals surface area contributed by atoms with E-state index in [1.165, 1.54) is 12.8 Å². The predicted molar refractivity (Wildman–Crippen MR) is 58.1 cm³/mol. The Kier molecular flexibility index (Phi) is 7.29. The van der Waals surface area contributed by atoms with Crippen LogP contribution in [0.3, 0.4) is 0 Å². The molecule has 0 unspecified atom stereocenters. The third kappa shape index (κ3) is 8.26. The van der Waals surface area contributed by atoms with E-state index in [1.54, 1.807) is 0 Å². The van der Waals surface area contributed by atoms with Crippen LogP contribution in [0.1, 0.15) is 40.5 Å². The second-order valence-electron chi connectivity index (χ2n) is 4.30. The van der Waals surface area contributed by atoms with Gasteiger partial charge in [0.2, 0.25) is 0 Å². The van der Waals surface area contributed by atoms with Gasteiger partial charge in [-0.1, -0.05) is 20.8 Å². The maximum atomic E-state index is 5.43. The van der Waals surface area contributed by atoms with E-state index in [9.17, 15) is 0 Å². The normalized spacial score (nSPS) is 12.0. The molecule has 0 fully saturated rings. The van der Waals surface area contributed by atoms with Gasteiger partial charge < -0.3 is 10.1 Å². The Morgan fingerprint density at radius 3 is 2.38 bits per heavy atom. The van der Waals surface area contributed by atoms with Crippen molar-refractivity contribution < 1.29 is 4.74 Å². The third-order valence-corrected chi connectivity index (χ3v) is 2.10. The first kappa shape index (κ1) is 12.9. The highest BCUT2D eigenvalue weighted by Crippen LogP contribution is 2.19. The smallest absolute Gasteiger partial charge is 0.0517 e. The summed E-state index contributed by atoms with van der Waals surface area (Å²) in [5.41, 5.74) is 0.316. The summed E-state index contributed by atoms with van der Waals surface area (Å²) in [6, 6.07) is 0. The molecule has 0 radical (unpaired) electrons. The summed E-state index contributed by atoms with van der Waals surface area (Å²) in [6.07, 6.45) is 2.40. The molecule has 13 heavy (non-hydrogen) atoms. The van der Waals surface area contributed by atoms with Crippen LogP contribution < -0.4 is 5.32 Å². The molecule has 0 amide bonds. The molecule has 0 aromatic rings. The summed E-state index contributed by atoms with van der Waals surface area (Å²) < 4.78 is 5.43. The number of ether oxygens (including phenoxy) is 1. The molecule has 0 saturated heterocycles. The van der Waals surface area contributed by atoms with E-state index in [0.717, 1.165) is 26.3 Å². The van der Waals surface area contributed by atoms with Crippen LogP contribution in [0, 0.1) is 5.41 Å². The van der Waals surface area contributed by atoms with E-state index in [-0.39, 0.29) is 0 Å². The van der Waals surface area contributed by atoms with Crippen molar-refractivity contribution in [3.63, 3.8) is 0 Å². The van der Waals surface area contributed by atoms with Crippen molar-refractivity contribution in [2.45, 2.75) is 40.5 Å². The van der Waals surface area contributed by atoms with Gasteiger partial charge in [-0.2, -0.15) is 0 Å². The van der Waals surface area contributed by atoms with Gasteiger partial charge in [0.05, 0.1) is 6.61 Å². The van der Waals surface area contributed by atoms with E-state index < -0.39 is 0 Å². The molecule has 2 heteroatoms. The molecule has 0 saturated carbocycles. The molecule has 80 valence electrons. The quantitative estimate of drug-likeness (QED) is 0.589. The van der Waals surface area contributed by atoms with E-state index in [2.05, 4.69) is 26.1 Å². The highest BCUT2D eigenvalue weighted by molar-refractivity contribution is 4.68. The molecular weight excluding hydrogens is 162 g/mol. The van der Waals surface area contributed by atoms with Crippen molar-refractivity contribution in [2.75, 3.05) is 26.3 Å². The second-order valence-corrected chi connectivity index (χ2v) is 4.30. The lowest BCUT2D eigenvalue weighted by molar-refractivity contribution is 0.0662. The Morgan fingerprint density at radius 2 is 1.85 bits per heavy atom. The highest BCUT2D eigenvalue weighted by Gasteiger charge is 2.16. The molecule has 0 aliphatic heterocycles. The summed E-state index contributed by atoms with van der Waals surface area (Å²) in [5.74, 6) is 0. The second kappa shape index (κ2) is 7.34. The van der Waals surface area contributed by atoms with E-state index in [0.29, 0.717) is 5.41 Å². The van der Waals surface area contributed by atoms with Gasteiger partial charge in [0, 0.05) is 6.61 Å². The monoisotopic (exact) mass is 187 g/mol. The lowest BCUT2D eigenvalue weighted by Gasteiger charge is -2.24. The first-order chi connectivity index (χ1) is 6.12. The average Bonchev–Trinajstić information content (AvgIpc) is 2.09. The lowest BCUT2D eigenvalue weighted by Crippen LogP contribution is -2.26. The third-order valence-electron chi connectivity index (χ3n) is 2.10. The SMILES string of the molecule is CCCNCCC(C)(C)COCC. The van der Waals surface area contributed by atoms with Crippen LogP contribution in [0.4, 0.5) is 0 Å². The van der Waals surface area contributed by atoms with Crippen molar-refractivity contribution in [2.24, 2.45) is 5.41 Å². The Hall–Kier alpha value is -0.0800. The van der Waals surface area contributed by atoms with Gasteiger partial charge in [0.1, 0.15) is 0 Å². The van der Waals surface area contributed by atoms with Crippen molar-refractivity contribution in [3.05, 3.63) is 0 Å². The van der Waals surface area contributed by atoms with Gasteiger partial charge in [0.15, 0.2) is 0 Å². The minimum Gasteiger partial charge on any atom is -0.381 e. The number of hydrogen-bond acceptors (Lipinski definition) is 2. The van der Waals surface area contributed by atoms with Gasteiger partial charge in [-0.05, 0) is 38.3 Å². The van der Waals surface area contributed by atoms with Crippen molar-refractivity contribution in [3.8, 4) is 0 Å². The predicted octanol–water partition coefficient (Wildman–Crippen LogP) is 2.44. The number of nitrogens with one attached hydrogen (secondary N) is 1. The van der Waals surface area contributed by atoms with E-state index in [1.807, 2.05) is 6.92 Å². The molecule has 0 aliphatic rings. The number of rotatable bonds is 8. The van der Waals surface area contributed by atoms with E-state index >= 15 is 0 Å². The average molecular weight is 187 g/mol. The zero-order chi connectivity index (χ0) is 10.2. The maximum absolute atomic E-state index is 5.43. The van der Waals surface area contributed by atoms with Gasteiger partial charge in [-0.15, -0.1) is 0 Å². The van der Waals surface area contributed by atoms with Gasteiger partial charge >= 0.3 is 0 Å². The van der Waals surface area contributed by atoms with Crippen LogP contribution in [-0.4, -0.2) is 26.3 Å². The number of hydrogen-bond donors (Lipinski definition) is 1. The fourth-order valence-corrected chi connectivity index (χ4v) is 1.18. The molecule has 0 aromatic carbocycles. The van der Waals surface area contributed by atoms with Crippen LogP contribution in [0.15, 0.2) is 0 Å². The summed E-state index contributed by atoms with van der Waals surface area (Å²) in [7, 11) is 0. The Balaban J connectivity index is 3.39. The maximum Gasteiger partial charge on any atom is 0.0517 e. The van der Waals surface area contributed by atoms with Crippen LogP contribution in [0.2, 0.25) is 0 Å². The fourth-order valence-electron chi connectivity index (χ4n) is 1.18. The minimum absolute atomic E-state index is 0.316. The molecule has 1 N–H and O–H groups in total. The van der Waals surface area contributed by atoms with Crippen molar-refractivity contribution in [1.29, 1.82) is 0 Å². The fraction of sp³-hybridized carbons (Fsp3) is 1.00. The molecule has 2 nitrogen and oxygen atoms in total. The van der Waals surface area contributed by atoms with Gasteiger partial charge in [-0.3, -0.25) is 0 Å². The molecule has 0 spiro atoms. The van der Waals surface area contributed by atoms with Crippen molar-refractivity contribution >= 4 is 0 Å². The van der Waals surface area contributed by atoms with Gasteiger partial charge in [0.25, 0.3) is 0 Å². The minimum atomic E-state index is 0.316. The summed E-state index contributed by atoms with van der Waals surface area (Å²) in [4.78, 5) is 0. The molecular formula is C11H25NO. The summed E-state index contributed by atoms with van der Waals surface area (Å²) in [6.45, 7) is 12.7. The molecule has 0 heterocycles. The molecule has 0 aromatic heterocycles. The summed E-state index contributed by atoms with van der Waals surface area (Å²) >= 11 is 0. The van der Waals surface area contributed by atoms with E-state index in [4.69, 9.17) is 4.74 Å². The highest BCUT2D eigenvalue weighted by atomic mass is 16.5. The topological polar surface area (TPSA) is 21.3 Å². The largest absolute Gasteiger partial charge is 0.381 e. The van der Waals surface area contributed by atoms with Crippen LogP contribution >= 0.6 is 0 Å². The van der Waals surface area contributed by atoms with Crippen LogP contribution in [0.25, 0.3) is 0 Å². The zero-order valence-electron chi connectivity index (χ0n) is 9.65. The first-order valence-corrected chi connectivity index (χ1v) is 5.41. The van der Waals surface area contributed by atoms with Gasteiger partial charge in [-0.25, -0.2) is 0 Å². The van der Waals surface area contributed by atoms with Crippen molar-refractivity contribution in [1.82, 2.24) is 5.32 Å². The standard InChI is InChI=1S/C11H25NO/c1-5-8-12-9-7-11(3,4)10-13-6-2/h12H,5-10H2,1-4H3. The Morgan fingerprint density at radius 1 is 1.15 bits per heavy atom. The summed E-state index contributed by atoms with van der Waals surface area (Å²) in [5, 5.41) is 3.41. The van der Waals surface area contributed by atoms with Crippen LogP contribution in [-0.2, 0) is 4.74 Å². The molecule has 0 bridgehead atoms. The molecule has 0 aliphatic carbocycles. The lowest BCUT2D eigenvalue weighted by atomic mass is 9.90. The molecule has 0 rings (SSSR count). The zero-order valence-corrected chi connectivity index (χ0v) is 9.65. The first-order valence-electron chi connectivity index (χ1n) is 5.41. The Labute approximate surface area is 83.1 Å². The Bertz CT molecular complexity index is 113. The van der Waals surface area contributed by atoms with Crippen LogP contribution in [0.5, 0.6) is 0 Å². The molecule has 0 atom stereocenters.